The first kappa shape index (κ1) is 20.0. The van der Waals surface area contributed by atoms with Gasteiger partial charge in [0.05, 0.1) is 16.8 Å². The van der Waals surface area contributed by atoms with Gasteiger partial charge in [-0.05, 0) is 36.2 Å². The van der Waals surface area contributed by atoms with Gasteiger partial charge in [0, 0.05) is 40.6 Å². The third-order valence-electron chi connectivity index (χ3n) is 5.82. The number of nitrogens with one attached hydrogen (secondary N) is 2. The standard InChI is InChI=1S/C27H24N4O/c1-17-26(21-7-3-5-9-24(21)30-17)25-14-22(20-6-2-4-8-23(20)31-25)27(32)29-16-19-12-10-18(15-28)11-13-19/h2-14,30H,15-16,28H2,1H3,(H,29,32). The number of pyridine rings is 1. The van der Waals surface area contributed by atoms with Crippen LogP contribution in [-0.2, 0) is 13.1 Å². The van der Waals surface area contributed by atoms with E-state index in [0.717, 1.165) is 49.9 Å². The van der Waals surface area contributed by atoms with Crippen molar-refractivity contribution in [3.8, 4) is 11.3 Å². The molecule has 0 spiro atoms. The van der Waals surface area contributed by atoms with Crippen molar-refractivity contribution >= 4 is 27.7 Å². The second-order valence-corrected chi connectivity index (χ2v) is 7.95. The van der Waals surface area contributed by atoms with E-state index in [9.17, 15) is 4.79 Å². The zero-order chi connectivity index (χ0) is 22.1. The Morgan fingerprint density at radius 1 is 0.938 bits per heavy atom. The van der Waals surface area contributed by atoms with Gasteiger partial charge in [-0.2, -0.15) is 0 Å². The predicted molar refractivity (Wildman–Crippen MR) is 129 cm³/mol. The van der Waals surface area contributed by atoms with Crippen LogP contribution in [0.15, 0.2) is 78.9 Å². The van der Waals surface area contributed by atoms with Crippen LogP contribution >= 0.6 is 0 Å². The Labute approximate surface area is 186 Å². The van der Waals surface area contributed by atoms with Gasteiger partial charge in [-0.25, -0.2) is 4.98 Å². The molecule has 5 aromatic rings. The molecule has 2 heterocycles. The molecule has 0 aliphatic carbocycles. The van der Waals surface area contributed by atoms with Crippen LogP contribution in [0.3, 0.4) is 0 Å². The van der Waals surface area contributed by atoms with Crippen LogP contribution in [0.2, 0.25) is 0 Å². The summed E-state index contributed by atoms with van der Waals surface area (Å²) in [5.74, 6) is -0.120. The van der Waals surface area contributed by atoms with Gasteiger partial charge in [0.2, 0.25) is 0 Å². The lowest BCUT2D eigenvalue weighted by Crippen LogP contribution is -2.23. The highest BCUT2D eigenvalue weighted by Crippen LogP contribution is 2.33. The van der Waals surface area contributed by atoms with Crippen LogP contribution in [0.25, 0.3) is 33.1 Å². The molecule has 2 aromatic heterocycles. The molecule has 5 nitrogen and oxygen atoms in total. The number of hydrogen-bond donors (Lipinski definition) is 3. The van der Waals surface area contributed by atoms with Crippen molar-refractivity contribution in [1.82, 2.24) is 15.3 Å². The average Bonchev–Trinajstić information content (AvgIpc) is 3.17. The molecule has 0 unspecified atom stereocenters. The van der Waals surface area contributed by atoms with Crippen molar-refractivity contribution in [3.63, 3.8) is 0 Å². The number of benzene rings is 3. The molecule has 158 valence electrons. The number of aryl methyl sites for hydroxylation is 1. The molecule has 0 radical (unpaired) electrons. The summed E-state index contributed by atoms with van der Waals surface area (Å²) >= 11 is 0. The smallest absolute Gasteiger partial charge is 0.252 e. The number of hydrogen-bond acceptors (Lipinski definition) is 3. The fraction of sp³-hybridized carbons (Fsp3) is 0.111. The van der Waals surface area contributed by atoms with Crippen LogP contribution < -0.4 is 11.1 Å². The van der Waals surface area contributed by atoms with Crippen molar-refractivity contribution in [1.29, 1.82) is 0 Å². The number of carbonyl (C=O) groups is 1. The Balaban J connectivity index is 1.55. The number of nitrogens with two attached hydrogens (primary N) is 1. The minimum Gasteiger partial charge on any atom is -0.358 e. The lowest BCUT2D eigenvalue weighted by atomic mass is 10.0. The molecule has 0 saturated carbocycles. The molecule has 0 fully saturated rings. The number of rotatable bonds is 5. The third-order valence-corrected chi connectivity index (χ3v) is 5.82. The molecule has 5 heteroatoms. The number of amides is 1. The number of carbonyl (C=O) groups excluding carboxylic acids is 1. The van der Waals surface area contributed by atoms with Gasteiger partial charge in [0.15, 0.2) is 0 Å². The monoisotopic (exact) mass is 420 g/mol. The second kappa shape index (κ2) is 8.29. The Morgan fingerprint density at radius 2 is 1.62 bits per heavy atom. The molecule has 1 amide bonds. The maximum atomic E-state index is 13.3. The Morgan fingerprint density at radius 3 is 2.41 bits per heavy atom. The molecule has 0 bridgehead atoms. The van der Waals surface area contributed by atoms with Gasteiger partial charge in [-0.3, -0.25) is 4.79 Å². The van der Waals surface area contributed by atoms with Gasteiger partial charge in [0.25, 0.3) is 5.91 Å². The highest BCUT2D eigenvalue weighted by Gasteiger charge is 2.17. The molecule has 4 N–H and O–H groups in total. The van der Waals surface area contributed by atoms with Crippen LogP contribution in [0, 0.1) is 6.92 Å². The quantitative estimate of drug-likeness (QED) is 0.371. The lowest BCUT2D eigenvalue weighted by Gasteiger charge is -2.11. The second-order valence-electron chi connectivity index (χ2n) is 7.95. The SMILES string of the molecule is Cc1[nH]c2ccccc2c1-c1cc(C(=O)NCc2ccc(CN)cc2)c2ccccc2n1. The van der Waals surface area contributed by atoms with E-state index in [-0.39, 0.29) is 5.91 Å². The van der Waals surface area contributed by atoms with Gasteiger partial charge < -0.3 is 16.0 Å². The highest BCUT2D eigenvalue weighted by atomic mass is 16.1. The predicted octanol–water partition coefficient (Wildman–Crippen LogP) is 5.08. The summed E-state index contributed by atoms with van der Waals surface area (Å²) in [6.45, 7) is 2.99. The highest BCUT2D eigenvalue weighted by molar-refractivity contribution is 6.08. The molecule has 0 saturated heterocycles. The van der Waals surface area contributed by atoms with Gasteiger partial charge in [-0.15, -0.1) is 0 Å². The summed E-state index contributed by atoms with van der Waals surface area (Å²) in [6.07, 6.45) is 0. The maximum absolute atomic E-state index is 13.3. The molecular formula is C27H24N4O. The fourth-order valence-corrected chi connectivity index (χ4v) is 4.17. The van der Waals surface area contributed by atoms with E-state index in [2.05, 4.69) is 22.4 Å². The molecular weight excluding hydrogens is 396 g/mol. The number of nitrogens with zero attached hydrogens (tertiary/aromatic N) is 1. The van der Waals surface area contributed by atoms with E-state index in [1.54, 1.807) is 0 Å². The minimum absolute atomic E-state index is 0.120. The maximum Gasteiger partial charge on any atom is 0.252 e. The first-order valence-electron chi connectivity index (χ1n) is 10.7. The van der Waals surface area contributed by atoms with E-state index in [0.29, 0.717) is 18.7 Å². The number of aromatic amines is 1. The summed E-state index contributed by atoms with van der Waals surface area (Å²) in [4.78, 5) is 21.6. The van der Waals surface area contributed by atoms with Crippen molar-refractivity contribution in [3.05, 3.63) is 101 Å². The van der Waals surface area contributed by atoms with Gasteiger partial charge in [0.1, 0.15) is 0 Å². The van der Waals surface area contributed by atoms with Crippen LogP contribution in [0.5, 0.6) is 0 Å². The summed E-state index contributed by atoms with van der Waals surface area (Å²) in [5.41, 5.74) is 13.1. The molecule has 0 aliphatic heterocycles. The van der Waals surface area contributed by atoms with Crippen molar-refractivity contribution in [2.24, 2.45) is 5.73 Å². The topological polar surface area (TPSA) is 83.8 Å². The third kappa shape index (κ3) is 3.63. The van der Waals surface area contributed by atoms with Crippen molar-refractivity contribution in [2.45, 2.75) is 20.0 Å². The molecule has 5 rings (SSSR count). The Kier molecular flexibility index (Phi) is 5.17. The number of fused-ring (bicyclic) bond motifs is 2. The normalized spacial score (nSPS) is 11.2. The summed E-state index contributed by atoms with van der Waals surface area (Å²) in [5, 5.41) is 5.00. The van der Waals surface area contributed by atoms with Crippen LogP contribution in [0.4, 0.5) is 0 Å². The van der Waals surface area contributed by atoms with Crippen molar-refractivity contribution < 1.29 is 4.79 Å². The first-order chi connectivity index (χ1) is 15.6. The summed E-state index contributed by atoms with van der Waals surface area (Å²) < 4.78 is 0. The molecule has 0 aliphatic rings. The number of H-pyrrole nitrogens is 1. The lowest BCUT2D eigenvalue weighted by molar-refractivity contribution is 0.0952. The summed E-state index contributed by atoms with van der Waals surface area (Å²) in [6, 6.07) is 25.8. The summed E-state index contributed by atoms with van der Waals surface area (Å²) in [7, 11) is 0. The van der Waals surface area contributed by atoms with Crippen LogP contribution in [-0.4, -0.2) is 15.9 Å². The zero-order valence-electron chi connectivity index (χ0n) is 17.9. The van der Waals surface area contributed by atoms with Crippen LogP contribution in [0.1, 0.15) is 27.2 Å². The molecule has 0 atom stereocenters. The fourth-order valence-electron chi connectivity index (χ4n) is 4.17. The van der Waals surface area contributed by atoms with E-state index in [1.165, 1.54) is 0 Å². The number of para-hydroxylation sites is 2. The Hall–Kier alpha value is -3.96. The average molecular weight is 421 g/mol. The molecule has 3 aromatic carbocycles. The first-order valence-corrected chi connectivity index (χ1v) is 10.7. The molecule has 32 heavy (non-hydrogen) atoms. The van der Waals surface area contributed by atoms with E-state index in [4.69, 9.17) is 10.7 Å². The van der Waals surface area contributed by atoms with E-state index < -0.39 is 0 Å². The van der Waals surface area contributed by atoms with Gasteiger partial charge >= 0.3 is 0 Å². The van der Waals surface area contributed by atoms with E-state index in [1.807, 2.05) is 73.7 Å². The van der Waals surface area contributed by atoms with Crippen molar-refractivity contribution in [2.75, 3.05) is 0 Å². The van der Waals surface area contributed by atoms with Gasteiger partial charge in [-0.1, -0.05) is 60.7 Å². The zero-order valence-corrected chi connectivity index (χ0v) is 17.9. The Bertz CT molecular complexity index is 1430. The number of aromatic nitrogens is 2. The van der Waals surface area contributed by atoms with E-state index >= 15 is 0 Å². The minimum atomic E-state index is -0.120. The largest absolute Gasteiger partial charge is 0.358 e.